The van der Waals surface area contributed by atoms with Gasteiger partial charge in [-0.1, -0.05) is 0 Å². The number of pyridine rings is 2. The van der Waals surface area contributed by atoms with E-state index in [1.54, 1.807) is 36.1 Å². The second kappa shape index (κ2) is 9.37. The van der Waals surface area contributed by atoms with Gasteiger partial charge in [-0.05, 0) is 53.4 Å². The SMILES string of the molecule is Cl.Cl.O=C(O)CCc1cc(-c2ccncc2)sc1-c1ccncc1. The van der Waals surface area contributed by atoms with E-state index in [2.05, 4.69) is 16.0 Å². The van der Waals surface area contributed by atoms with Gasteiger partial charge in [-0.25, -0.2) is 0 Å². The summed E-state index contributed by atoms with van der Waals surface area (Å²) in [7, 11) is 0. The largest absolute Gasteiger partial charge is 0.481 e. The maximum atomic E-state index is 10.9. The fraction of sp³-hybridized carbons (Fsp3) is 0.118. The number of aliphatic carboxylic acids is 1. The molecule has 0 saturated carbocycles. The highest BCUT2D eigenvalue weighted by atomic mass is 35.5. The highest BCUT2D eigenvalue weighted by Crippen LogP contribution is 2.38. The summed E-state index contributed by atoms with van der Waals surface area (Å²) in [5.41, 5.74) is 3.22. The van der Waals surface area contributed by atoms with Gasteiger partial charge in [-0.3, -0.25) is 14.8 Å². The lowest BCUT2D eigenvalue weighted by molar-refractivity contribution is -0.136. The lowest BCUT2D eigenvalue weighted by Crippen LogP contribution is -1.97. The van der Waals surface area contributed by atoms with E-state index in [9.17, 15) is 4.79 Å². The molecule has 0 radical (unpaired) electrons. The summed E-state index contributed by atoms with van der Waals surface area (Å²) in [5, 5.41) is 8.95. The van der Waals surface area contributed by atoms with E-state index in [-0.39, 0.29) is 31.2 Å². The van der Waals surface area contributed by atoms with Crippen molar-refractivity contribution >= 4 is 42.1 Å². The van der Waals surface area contributed by atoms with Crippen molar-refractivity contribution in [2.75, 3.05) is 0 Å². The second-order valence-corrected chi connectivity index (χ2v) is 5.88. The molecule has 1 N–H and O–H groups in total. The van der Waals surface area contributed by atoms with Crippen LogP contribution in [0.1, 0.15) is 12.0 Å². The Labute approximate surface area is 156 Å². The van der Waals surface area contributed by atoms with Crippen LogP contribution in [0.3, 0.4) is 0 Å². The maximum absolute atomic E-state index is 10.9. The van der Waals surface area contributed by atoms with Crippen molar-refractivity contribution in [3.05, 3.63) is 60.7 Å². The first-order valence-electron chi connectivity index (χ1n) is 6.89. The van der Waals surface area contributed by atoms with E-state index in [0.717, 1.165) is 26.4 Å². The number of carbonyl (C=O) groups is 1. The summed E-state index contributed by atoms with van der Waals surface area (Å²) in [4.78, 5) is 21.2. The Kier molecular flexibility index (Phi) is 7.85. The lowest BCUT2D eigenvalue weighted by Gasteiger charge is -2.01. The number of carboxylic acid groups (broad SMARTS) is 1. The van der Waals surface area contributed by atoms with Crippen LogP contribution in [0.25, 0.3) is 20.9 Å². The van der Waals surface area contributed by atoms with Gasteiger partial charge >= 0.3 is 5.97 Å². The summed E-state index contributed by atoms with van der Waals surface area (Å²) >= 11 is 1.67. The van der Waals surface area contributed by atoms with Gasteiger partial charge in [0.1, 0.15) is 0 Å². The van der Waals surface area contributed by atoms with Gasteiger partial charge in [0.05, 0.1) is 0 Å². The molecule has 3 rings (SSSR count). The standard InChI is InChI=1S/C17H14N2O2S.2ClH/c20-16(21)2-1-14-11-15(12-3-7-18-8-4-12)22-17(14)13-5-9-19-10-6-13;;/h3-11H,1-2H2,(H,20,21);2*1H. The Morgan fingerprint density at radius 3 is 2.04 bits per heavy atom. The van der Waals surface area contributed by atoms with Crippen LogP contribution in [0.2, 0.25) is 0 Å². The van der Waals surface area contributed by atoms with Crippen LogP contribution in [0.5, 0.6) is 0 Å². The normalized spacial score (nSPS) is 9.67. The molecule has 4 nitrogen and oxygen atoms in total. The van der Waals surface area contributed by atoms with Crippen molar-refractivity contribution in [1.29, 1.82) is 0 Å². The van der Waals surface area contributed by atoms with Crippen LogP contribution >= 0.6 is 36.2 Å². The topological polar surface area (TPSA) is 63.1 Å². The Morgan fingerprint density at radius 1 is 0.958 bits per heavy atom. The van der Waals surface area contributed by atoms with Gasteiger partial charge in [0.25, 0.3) is 0 Å². The van der Waals surface area contributed by atoms with Gasteiger partial charge in [0, 0.05) is 41.0 Å². The monoisotopic (exact) mass is 382 g/mol. The minimum absolute atomic E-state index is 0. The van der Waals surface area contributed by atoms with Gasteiger partial charge in [0.15, 0.2) is 0 Å². The average Bonchev–Trinajstić information content (AvgIpc) is 2.99. The third kappa shape index (κ3) is 4.77. The van der Waals surface area contributed by atoms with E-state index in [1.165, 1.54) is 0 Å². The van der Waals surface area contributed by atoms with Gasteiger partial charge in [-0.2, -0.15) is 0 Å². The van der Waals surface area contributed by atoms with E-state index >= 15 is 0 Å². The number of aromatic nitrogens is 2. The van der Waals surface area contributed by atoms with Gasteiger partial charge in [-0.15, -0.1) is 36.2 Å². The summed E-state index contributed by atoms with van der Waals surface area (Å²) in [5.74, 6) is -0.780. The molecule has 0 amide bonds. The maximum Gasteiger partial charge on any atom is 0.303 e. The molecule has 3 aromatic rings. The van der Waals surface area contributed by atoms with Crippen LogP contribution in [0, 0.1) is 0 Å². The average molecular weight is 383 g/mol. The van der Waals surface area contributed by atoms with E-state index in [1.807, 2.05) is 24.3 Å². The third-order valence-corrected chi connectivity index (χ3v) is 4.60. The molecule has 24 heavy (non-hydrogen) atoms. The van der Waals surface area contributed by atoms with Crippen LogP contribution in [-0.2, 0) is 11.2 Å². The molecule has 0 atom stereocenters. The van der Waals surface area contributed by atoms with Gasteiger partial charge in [0.2, 0.25) is 0 Å². The quantitative estimate of drug-likeness (QED) is 0.692. The third-order valence-electron chi connectivity index (χ3n) is 3.32. The smallest absolute Gasteiger partial charge is 0.303 e. The zero-order valence-corrected chi connectivity index (χ0v) is 15.0. The van der Waals surface area contributed by atoms with Crippen molar-refractivity contribution in [2.45, 2.75) is 12.8 Å². The van der Waals surface area contributed by atoms with Crippen LogP contribution in [-0.4, -0.2) is 21.0 Å². The predicted octanol–water partition coefficient (Wildman–Crippen LogP) is 4.73. The van der Waals surface area contributed by atoms with Crippen molar-refractivity contribution < 1.29 is 9.90 Å². The lowest BCUT2D eigenvalue weighted by atomic mass is 10.1. The fourth-order valence-electron chi connectivity index (χ4n) is 2.26. The molecule has 0 saturated heterocycles. The number of aryl methyl sites for hydroxylation is 1. The first kappa shape index (κ1) is 20.1. The van der Waals surface area contributed by atoms with E-state index < -0.39 is 5.97 Å². The molecule has 7 heteroatoms. The molecule has 0 aliphatic rings. The number of halogens is 2. The van der Waals surface area contributed by atoms with Crippen LogP contribution < -0.4 is 0 Å². The fourth-order valence-corrected chi connectivity index (χ4v) is 3.48. The molecule has 3 aromatic heterocycles. The van der Waals surface area contributed by atoms with Gasteiger partial charge < -0.3 is 5.11 Å². The molecule has 0 aliphatic carbocycles. The molecule has 0 spiro atoms. The Morgan fingerprint density at radius 2 is 1.50 bits per heavy atom. The molecule has 0 bridgehead atoms. The minimum atomic E-state index is -0.780. The summed E-state index contributed by atoms with van der Waals surface area (Å²) < 4.78 is 0. The predicted molar refractivity (Wildman–Crippen MR) is 101 cm³/mol. The Bertz CT molecular complexity index is 780. The van der Waals surface area contributed by atoms with E-state index in [0.29, 0.717) is 6.42 Å². The zero-order chi connectivity index (χ0) is 15.4. The van der Waals surface area contributed by atoms with Crippen molar-refractivity contribution in [3.63, 3.8) is 0 Å². The molecule has 0 aromatic carbocycles. The molecule has 0 unspecified atom stereocenters. The van der Waals surface area contributed by atoms with Crippen LogP contribution in [0.15, 0.2) is 55.1 Å². The van der Waals surface area contributed by atoms with Crippen molar-refractivity contribution in [1.82, 2.24) is 9.97 Å². The number of rotatable bonds is 5. The number of thiophene rings is 1. The minimum Gasteiger partial charge on any atom is -0.481 e. The van der Waals surface area contributed by atoms with E-state index in [4.69, 9.17) is 5.11 Å². The molecule has 3 heterocycles. The number of hydrogen-bond donors (Lipinski definition) is 1. The molecule has 126 valence electrons. The summed E-state index contributed by atoms with van der Waals surface area (Å²) in [6.45, 7) is 0. The summed E-state index contributed by atoms with van der Waals surface area (Å²) in [6.07, 6.45) is 7.68. The molecular weight excluding hydrogens is 367 g/mol. The Hall–Kier alpha value is -1.95. The molecule has 0 fully saturated rings. The first-order chi connectivity index (χ1) is 10.7. The number of carboxylic acids is 1. The van der Waals surface area contributed by atoms with Crippen molar-refractivity contribution in [3.8, 4) is 20.9 Å². The number of nitrogens with zero attached hydrogens (tertiary/aromatic N) is 2. The molecular formula is C17H16Cl2N2O2S. The second-order valence-electron chi connectivity index (χ2n) is 4.83. The first-order valence-corrected chi connectivity index (χ1v) is 7.71. The van der Waals surface area contributed by atoms with Crippen molar-refractivity contribution in [2.24, 2.45) is 0 Å². The highest BCUT2D eigenvalue weighted by Gasteiger charge is 2.13. The highest BCUT2D eigenvalue weighted by molar-refractivity contribution is 7.19. The molecule has 0 aliphatic heterocycles. The summed E-state index contributed by atoms with van der Waals surface area (Å²) in [6, 6.07) is 9.91. The Balaban J connectivity index is 0.00000144. The zero-order valence-electron chi connectivity index (χ0n) is 12.6. The van der Waals surface area contributed by atoms with Crippen LogP contribution in [0.4, 0.5) is 0 Å². The number of hydrogen-bond acceptors (Lipinski definition) is 4.